The van der Waals surface area contributed by atoms with E-state index in [4.69, 9.17) is 4.74 Å². The van der Waals surface area contributed by atoms with Crippen LogP contribution in [0.1, 0.15) is 83.6 Å². The van der Waals surface area contributed by atoms with Gasteiger partial charge >= 0.3 is 0 Å². The van der Waals surface area contributed by atoms with Gasteiger partial charge in [0.05, 0.1) is 6.61 Å². The first-order valence-electron chi connectivity index (χ1n) is 9.08. The molecule has 1 nitrogen and oxygen atoms in total. The van der Waals surface area contributed by atoms with Crippen LogP contribution in [0.25, 0.3) is 0 Å². The molecule has 0 saturated carbocycles. The van der Waals surface area contributed by atoms with Crippen LogP contribution in [0.5, 0.6) is 5.75 Å². The summed E-state index contributed by atoms with van der Waals surface area (Å²) in [5, 5.41) is 0. The predicted molar refractivity (Wildman–Crippen MR) is 93.2 cm³/mol. The SMILES string of the molecule is CCCCCCCCCCc1cccc(OCCCC)c1. The molecule has 21 heavy (non-hydrogen) atoms. The maximum atomic E-state index is 5.77. The van der Waals surface area contributed by atoms with Crippen LogP contribution in [0.2, 0.25) is 0 Å². The first-order chi connectivity index (χ1) is 10.4. The number of hydrogen-bond acceptors (Lipinski definition) is 1. The van der Waals surface area contributed by atoms with Gasteiger partial charge in [0.1, 0.15) is 5.75 Å². The molecule has 0 spiro atoms. The number of benzene rings is 1. The predicted octanol–water partition coefficient (Wildman–Crippen LogP) is 6.55. The topological polar surface area (TPSA) is 9.23 Å². The zero-order valence-electron chi connectivity index (χ0n) is 14.2. The van der Waals surface area contributed by atoms with Crippen molar-refractivity contribution in [3.8, 4) is 5.75 Å². The summed E-state index contributed by atoms with van der Waals surface area (Å²) >= 11 is 0. The molecule has 1 aromatic carbocycles. The molecule has 0 aliphatic heterocycles. The Hall–Kier alpha value is -0.980. The van der Waals surface area contributed by atoms with Crippen molar-refractivity contribution in [3.63, 3.8) is 0 Å². The molecule has 0 heterocycles. The Morgan fingerprint density at radius 2 is 1.43 bits per heavy atom. The highest BCUT2D eigenvalue weighted by Crippen LogP contribution is 2.17. The smallest absolute Gasteiger partial charge is 0.119 e. The molecular weight excluding hydrogens is 256 g/mol. The minimum atomic E-state index is 0.845. The molecule has 0 saturated heterocycles. The van der Waals surface area contributed by atoms with Gasteiger partial charge in [0.15, 0.2) is 0 Å². The van der Waals surface area contributed by atoms with Crippen molar-refractivity contribution in [2.45, 2.75) is 84.5 Å². The molecule has 0 unspecified atom stereocenters. The number of aryl methyl sites for hydroxylation is 1. The second-order valence-corrected chi connectivity index (χ2v) is 6.07. The van der Waals surface area contributed by atoms with Crippen molar-refractivity contribution in [2.24, 2.45) is 0 Å². The molecule has 0 fully saturated rings. The van der Waals surface area contributed by atoms with Gasteiger partial charge in [0.25, 0.3) is 0 Å². The fraction of sp³-hybridized carbons (Fsp3) is 0.700. The van der Waals surface area contributed by atoms with Crippen molar-refractivity contribution in [2.75, 3.05) is 6.61 Å². The Morgan fingerprint density at radius 3 is 2.14 bits per heavy atom. The highest BCUT2D eigenvalue weighted by Gasteiger charge is 1.98. The molecule has 0 aliphatic carbocycles. The molecule has 1 aromatic rings. The van der Waals surface area contributed by atoms with E-state index < -0.39 is 0 Å². The zero-order chi connectivity index (χ0) is 15.2. The molecule has 1 rings (SSSR count). The van der Waals surface area contributed by atoms with Crippen LogP contribution >= 0.6 is 0 Å². The van der Waals surface area contributed by atoms with Gasteiger partial charge in [-0.2, -0.15) is 0 Å². The van der Waals surface area contributed by atoms with Gasteiger partial charge < -0.3 is 4.74 Å². The monoisotopic (exact) mass is 290 g/mol. The van der Waals surface area contributed by atoms with Crippen LogP contribution in [-0.4, -0.2) is 6.61 Å². The highest BCUT2D eigenvalue weighted by atomic mass is 16.5. The van der Waals surface area contributed by atoms with Gasteiger partial charge in [0.2, 0.25) is 0 Å². The average Bonchev–Trinajstić information content (AvgIpc) is 2.51. The summed E-state index contributed by atoms with van der Waals surface area (Å²) in [7, 11) is 0. The molecular formula is C20H34O. The standard InChI is InChI=1S/C20H34O/c1-3-5-7-8-9-10-11-12-14-19-15-13-16-20(18-19)21-17-6-4-2/h13,15-16,18H,3-12,14,17H2,1-2H3. The molecule has 1 heteroatoms. The lowest BCUT2D eigenvalue weighted by Crippen LogP contribution is -1.97. The van der Waals surface area contributed by atoms with Crippen molar-refractivity contribution in [1.82, 2.24) is 0 Å². The molecule has 0 N–H and O–H groups in total. The van der Waals surface area contributed by atoms with E-state index >= 15 is 0 Å². The van der Waals surface area contributed by atoms with Gasteiger partial charge in [-0.25, -0.2) is 0 Å². The van der Waals surface area contributed by atoms with Gasteiger partial charge in [-0.05, 0) is 37.0 Å². The Labute approximate surface area is 132 Å². The number of unbranched alkanes of at least 4 members (excludes halogenated alkanes) is 8. The number of rotatable bonds is 13. The Morgan fingerprint density at radius 1 is 0.762 bits per heavy atom. The van der Waals surface area contributed by atoms with E-state index in [9.17, 15) is 0 Å². The third-order valence-corrected chi connectivity index (χ3v) is 3.98. The van der Waals surface area contributed by atoms with Crippen molar-refractivity contribution in [1.29, 1.82) is 0 Å². The quantitative estimate of drug-likeness (QED) is 0.374. The first kappa shape index (κ1) is 18.1. The van der Waals surface area contributed by atoms with Crippen LogP contribution in [0.3, 0.4) is 0 Å². The van der Waals surface area contributed by atoms with Crippen LogP contribution in [0.4, 0.5) is 0 Å². The van der Waals surface area contributed by atoms with Gasteiger partial charge in [-0.15, -0.1) is 0 Å². The molecule has 0 aromatic heterocycles. The molecule has 0 aliphatic rings. The lowest BCUT2D eigenvalue weighted by molar-refractivity contribution is 0.309. The lowest BCUT2D eigenvalue weighted by atomic mass is 10.0. The van der Waals surface area contributed by atoms with Crippen molar-refractivity contribution >= 4 is 0 Å². The second-order valence-electron chi connectivity index (χ2n) is 6.07. The van der Waals surface area contributed by atoms with E-state index in [2.05, 4.69) is 38.1 Å². The van der Waals surface area contributed by atoms with Gasteiger partial charge in [-0.1, -0.05) is 77.3 Å². The van der Waals surface area contributed by atoms with Crippen molar-refractivity contribution in [3.05, 3.63) is 29.8 Å². The average molecular weight is 290 g/mol. The Bertz CT molecular complexity index is 345. The molecule has 0 amide bonds. The summed E-state index contributed by atoms with van der Waals surface area (Å²) in [5.41, 5.74) is 1.43. The minimum absolute atomic E-state index is 0.845. The summed E-state index contributed by atoms with van der Waals surface area (Å²) in [4.78, 5) is 0. The largest absolute Gasteiger partial charge is 0.494 e. The maximum absolute atomic E-state index is 5.77. The van der Waals surface area contributed by atoms with Gasteiger partial charge in [0, 0.05) is 0 Å². The summed E-state index contributed by atoms with van der Waals surface area (Å²) < 4.78 is 5.77. The zero-order valence-corrected chi connectivity index (χ0v) is 14.2. The fourth-order valence-electron chi connectivity index (χ4n) is 2.59. The maximum Gasteiger partial charge on any atom is 0.119 e. The van der Waals surface area contributed by atoms with E-state index in [1.54, 1.807) is 0 Å². The van der Waals surface area contributed by atoms with Gasteiger partial charge in [-0.3, -0.25) is 0 Å². The van der Waals surface area contributed by atoms with E-state index in [-0.39, 0.29) is 0 Å². The fourth-order valence-corrected chi connectivity index (χ4v) is 2.59. The third-order valence-electron chi connectivity index (χ3n) is 3.98. The van der Waals surface area contributed by atoms with E-state index in [0.29, 0.717) is 0 Å². The lowest BCUT2D eigenvalue weighted by Gasteiger charge is -2.07. The summed E-state index contributed by atoms with van der Waals surface area (Å²) in [6, 6.07) is 8.65. The van der Waals surface area contributed by atoms with Crippen LogP contribution in [-0.2, 0) is 6.42 Å². The molecule has 0 atom stereocenters. The normalized spacial score (nSPS) is 10.8. The molecule has 0 bridgehead atoms. The van der Waals surface area contributed by atoms with Crippen molar-refractivity contribution < 1.29 is 4.74 Å². The van der Waals surface area contributed by atoms with E-state index in [1.165, 1.54) is 69.8 Å². The first-order valence-corrected chi connectivity index (χ1v) is 9.08. The number of ether oxygens (including phenoxy) is 1. The summed E-state index contributed by atoms with van der Waals surface area (Å²) in [6.07, 6.45) is 14.6. The van der Waals surface area contributed by atoms with E-state index in [0.717, 1.165) is 18.8 Å². The highest BCUT2D eigenvalue weighted by molar-refractivity contribution is 5.28. The molecule has 120 valence electrons. The third kappa shape index (κ3) is 9.55. The number of hydrogen-bond donors (Lipinski definition) is 0. The minimum Gasteiger partial charge on any atom is -0.494 e. The van der Waals surface area contributed by atoms with E-state index in [1.807, 2.05) is 0 Å². The van der Waals surface area contributed by atoms with Crippen LogP contribution in [0, 0.1) is 0 Å². The summed E-state index contributed by atoms with van der Waals surface area (Å²) in [6.45, 7) is 5.32. The molecule has 0 radical (unpaired) electrons. The Kier molecular flexibility index (Phi) is 11.0. The summed E-state index contributed by atoms with van der Waals surface area (Å²) in [5.74, 6) is 1.04. The Balaban J connectivity index is 2.10. The second kappa shape index (κ2) is 12.7. The van der Waals surface area contributed by atoms with Crippen LogP contribution in [0.15, 0.2) is 24.3 Å². The van der Waals surface area contributed by atoms with Crippen LogP contribution < -0.4 is 4.74 Å².